The Hall–Kier alpha value is -0.590. The van der Waals surface area contributed by atoms with Gasteiger partial charge in [-0.2, -0.15) is 9.40 Å². The maximum absolute atomic E-state index is 12.0. The largest absolute Gasteiger partial charge is 0.274 e. The zero-order chi connectivity index (χ0) is 11.1. The molecular weight excluding hydrogens is 238 g/mol. The minimum absolute atomic E-state index is 0.0727. The summed E-state index contributed by atoms with van der Waals surface area (Å²) in [6.45, 7) is 0.879. The molecule has 0 spiro atoms. The number of alkyl halides is 1. The monoisotopic (exact) mass is 249 g/mol. The van der Waals surface area contributed by atoms with Gasteiger partial charge in [0.25, 0.3) is 0 Å². The maximum atomic E-state index is 12.0. The lowest BCUT2D eigenvalue weighted by Gasteiger charge is -2.13. The highest BCUT2D eigenvalue weighted by Gasteiger charge is 2.32. The Morgan fingerprint density at radius 1 is 1.60 bits per heavy atom. The first-order chi connectivity index (χ1) is 7.00. The Morgan fingerprint density at radius 2 is 2.33 bits per heavy atom. The van der Waals surface area contributed by atoms with Gasteiger partial charge < -0.3 is 0 Å². The number of sulfonamides is 1. The average molecular weight is 250 g/mol. The number of aryl methyl sites for hydroxylation is 1. The van der Waals surface area contributed by atoms with E-state index >= 15 is 0 Å². The summed E-state index contributed by atoms with van der Waals surface area (Å²) < 4.78 is 26.9. The number of nitrogens with zero attached hydrogens (tertiary/aromatic N) is 3. The SMILES string of the molecule is Cn1cc(S(=O)(=O)N2CCC(Cl)C2)cn1. The van der Waals surface area contributed by atoms with Gasteiger partial charge in [0.2, 0.25) is 10.0 Å². The molecule has 1 fully saturated rings. The van der Waals surface area contributed by atoms with Crippen LogP contribution in [-0.2, 0) is 17.1 Å². The zero-order valence-corrected chi connectivity index (χ0v) is 9.87. The molecule has 1 aliphatic rings. The molecule has 0 amide bonds. The predicted molar refractivity (Wildman–Crippen MR) is 56.2 cm³/mol. The van der Waals surface area contributed by atoms with Gasteiger partial charge in [0.1, 0.15) is 4.90 Å². The third kappa shape index (κ3) is 2.02. The highest BCUT2D eigenvalue weighted by Crippen LogP contribution is 2.22. The predicted octanol–water partition coefficient (Wildman–Crippen LogP) is 0.422. The van der Waals surface area contributed by atoms with Crippen LogP contribution in [0.2, 0.25) is 0 Å². The van der Waals surface area contributed by atoms with E-state index in [1.807, 2.05) is 0 Å². The summed E-state index contributed by atoms with van der Waals surface area (Å²) in [5, 5.41) is 3.78. The van der Waals surface area contributed by atoms with Crippen LogP contribution in [0.5, 0.6) is 0 Å². The third-order valence-corrected chi connectivity index (χ3v) is 4.59. The normalized spacial score (nSPS) is 23.5. The Kier molecular flexibility index (Phi) is 2.74. The van der Waals surface area contributed by atoms with Gasteiger partial charge >= 0.3 is 0 Å². The minimum Gasteiger partial charge on any atom is -0.274 e. The number of rotatable bonds is 2. The smallest absolute Gasteiger partial charge is 0.246 e. The van der Waals surface area contributed by atoms with Gasteiger partial charge in [-0.1, -0.05) is 0 Å². The zero-order valence-electron chi connectivity index (χ0n) is 8.30. The molecule has 1 saturated heterocycles. The van der Waals surface area contributed by atoms with E-state index in [0.717, 1.165) is 0 Å². The lowest BCUT2D eigenvalue weighted by molar-refractivity contribution is 0.477. The molecule has 0 N–H and O–H groups in total. The molecular formula is C8H12ClN3O2S. The van der Waals surface area contributed by atoms with Gasteiger partial charge in [-0.15, -0.1) is 11.6 Å². The van der Waals surface area contributed by atoms with Crippen LogP contribution in [0.25, 0.3) is 0 Å². The van der Waals surface area contributed by atoms with E-state index in [9.17, 15) is 8.42 Å². The summed E-state index contributed by atoms with van der Waals surface area (Å²) in [5.41, 5.74) is 0. The van der Waals surface area contributed by atoms with E-state index in [1.165, 1.54) is 21.4 Å². The summed E-state index contributed by atoms with van der Waals surface area (Å²) in [7, 11) is -1.70. The van der Waals surface area contributed by atoms with Crippen molar-refractivity contribution in [2.45, 2.75) is 16.7 Å². The standard InChI is InChI=1S/C8H12ClN3O2S/c1-11-6-8(4-10-11)15(13,14)12-3-2-7(9)5-12/h4,6-7H,2-3,5H2,1H3. The molecule has 1 aromatic rings. The summed E-state index contributed by atoms with van der Waals surface area (Å²) in [6, 6.07) is 0. The van der Waals surface area contributed by atoms with Crippen molar-refractivity contribution in [2.75, 3.05) is 13.1 Å². The molecule has 0 radical (unpaired) electrons. The van der Waals surface area contributed by atoms with Gasteiger partial charge in [-0.3, -0.25) is 4.68 Å². The van der Waals surface area contributed by atoms with Crippen LogP contribution in [0.15, 0.2) is 17.3 Å². The molecule has 0 aliphatic carbocycles. The quantitative estimate of drug-likeness (QED) is 0.714. The molecule has 1 aliphatic heterocycles. The average Bonchev–Trinajstić information content (AvgIpc) is 2.74. The molecule has 0 saturated carbocycles. The van der Waals surface area contributed by atoms with E-state index in [1.54, 1.807) is 7.05 Å². The number of hydrogen-bond acceptors (Lipinski definition) is 3. The van der Waals surface area contributed by atoms with Gasteiger partial charge in [-0.05, 0) is 6.42 Å². The minimum atomic E-state index is -3.39. The van der Waals surface area contributed by atoms with Gasteiger partial charge in [0, 0.05) is 31.7 Å². The fourth-order valence-electron chi connectivity index (χ4n) is 1.59. The lowest BCUT2D eigenvalue weighted by Crippen LogP contribution is -2.28. The first-order valence-electron chi connectivity index (χ1n) is 4.63. The Labute approximate surface area is 93.7 Å². The molecule has 84 valence electrons. The van der Waals surface area contributed by atoms with Crippen molar-refractivity contribution in [3.05, 3.63) is 12.4 Å². The van der Waals surface area contributed by atoms with Crippen molar-refractivity contribution in [1.82, 2.24) is 14.1 Å². The molecule has 1 unspecified atom stereocenters. The Balaban J connectivity index is 2.27. The molecule has 1 aromatic heterocycles. The summed E-state index contributed by atoms with van der Waals surface area (Å²) in [5.74, 6) is 0. The molecule has 0 aromatic carbocycles. The second-order valence-electron chi connectivity index (χ2n) is 3.60. The van der Waals surface area contributed by atoms with Crippen molar-refractivity contribution in [2.24, 2.45) is 7.05 Å². The van der Waals surface area contributed by atoms with Gasteiger partial charge in [0.05, 0.1) is 6.20 Å². The first-order valence-corrected chi connectivity index (χ1v) is 6.50. The second kappa shape index (κ2) is 3.77. The molecule has 7 heteroatoms. The summed E-state index contributed by atoms with van der Waals surface area (Å²) in [6.07, 6.45) is 3.56. The second-order valence-corrected chi connectivity index (χ2v) is 6.15. The first kappa shape index (κ1) is 10.9. The summed E-state index contributed by atoms with van der Waals surface area (Å²) >= 11 is 5.88. The van der Waals surface area contributed by atoms with Gasteiger partial charge in [-0.25, -0.2) is 8.42 Å². The van der Waals surface area contributed by atoms with Crippen molar-refractivity contribution >= 4 is 21.6 Å². The molecule has 2 rings (SSSR count). The van der Waals surface area contributed by atoms with Crippen LogP contribution >= 0.6 is 11.6 Å². The fourth-order valence-corrected chi connectivity index (χ4v) is 3.42. The number of halogens is 1. The van der Waals surface area contributed by atoms with Crippen LogP contribution in [0.1, 0.15) is 6.42 Å². The van der Waals surface area contributed by atoms with Crippen molar-refractivity contribution < 1.29 is 8.42 Å². The van der Waals surface area contributed by atoms with E-state index in [2.05, 4.69) is 5.10 Å². The van der Waals surface area contributed by atoms with E-state index in [4.69, 9.17) is 11.6 Å². The number of aromatic nitrogens is 2. The van der Waals surface area contributed by atoms with E-state index < -0.39 is 10.0 Å². The topological polar surface area (TPSA) is 55.2 Å². The Morgan fingerprint density at radius 3 is 2.80 bits per heavy atom. The molecule has 2 heterocycles. The van der Waals surface area contributed by atoms with Crippen LogP contribution in [-0.4, -0.2) is 41.0 Å². The highest BCUT2D eigenvalue weighted by molar-refractivity contribution is 7.89. The van der Waals surface area contributed by atoms with Crippen LogP contribution < -0.4 is 0 Å². The van der Waals surface area contributed by atoms with E-state index in [0.29, 0.717) is 19.5 Å². The van der Waals surface area contributed by atoms with Crippen molar-refractivity contribution in [1.29, 1.82) is 0 Å². The van der Waals surface area contributed by atoms with Crippen LogP contribution in [0, 0.1) is 0 Å². The molecule has 1 atom stereocenters. The highest BCUT2D eigenvalue weighted by atomic mass is 35.5. The molecule has 5 nitrogen and oxygen atoms in total. The van der Waals surface area contributed by atoms with Gasteiger partial charge in [0.15, 0.2) is 0 Å². The number of hydrogen-bond donors (Lipinski definition) is 0. The molecule has 15 heavy (non-hydrogen) atoms. The Bertz CT molecular complexity index is 456. The molecule has 0 bridgehead atoms. The lowest BCUT2D eigenvalue weighted by atomic mass is 10.4. The van der Waals surface area contributed by atoms with Crippen LogP contribution in [0.3, 0.4) is 0 Å². The van der Waals surface area contributed by atoms with Crippen molar-refractivity contribution in [3.8, 4) is 0 Å². The fraction of sp³-hybridized carbons (Fsp3) is 0.625. The third-order valence-electron chi connectivity index (χ3n) is 2.41. The maximum Gasteiger partial charge on any atom is 0.246 e. The van der Waals surface area contributed by atoms with E-state index in [-0.39, 0.29) is 10.3 Å². The van der Waals surface area contributed by atoms with Crippen molar-refractivity contribution in [3.63, 3.8) is 0 Å². The van der Waals surface area contributed by atoms with Crippen LogP contribution in [0.4, 0.5) is 0 Å². The summed E-state index contributed by atoms with van der Waals surface area (Å²) in [4.78, 5) is 0.232.